The fraction of sp³-hybridized carbons (Fsp3) is 0.929. The van der Waals surface area contributed by atoms with Crippen LogP contribution in [-0.2, 0) is 9.53 Å². The highest BCUT2D eigenvalue weighted by atomic mass is 16.5. The van der Waals surface area contributed by atoms with E-state index in [-0.39, 0.29) is 18.0 Å². The third kappa shape index (κ3) is 5.47. The average Bonchev–Trinajstić information content (AvgIpc) is 2.40. The summed E-state index contributed by atoms with van der Waals surface area (Å²) in [4.78, 5) is 14.4. The molecule has 2 aliphatic rings. The van der Waals surface area contributed by atoms with Gasteiger partial charge in [0.05, 0.1) is 13.2 Å². The van der Waals surface area contributed by atoms with E-state index in [0.29, 0.717) is 13.0 Å². The van der Waals surface area contributed by atoms with Crippen LogP contribution in [0, 0.1) is 0 Å². The van der Waals surface area contributed by atoms with Gasteiger partial charge in [-0.2, -0.15) is 0 Å². The number of carbonyl (C=O) groups excluding carboxylic acids is 1. The minimum Gasteiger partial charge on any atom is -0.378 e. The maximum Gasteiger partial charge on any atom is 0.221 e. The molecule has 2 atom stereocenters. The summed E-state index contributed by atoms with van der Waals surface area (Å²) < 4.78 is 5.36. The molecule has 2 aliphatic heterocycles. The molecule has 2 fully saturated rings. The van der Waals surface area contributed by atoms with Crippen LogP contribution in [-0.4, -0.2) is 62.3 Å². The lowest BCUT2D eigenvalue weighted by Gasteiger charge is -2.30. The fourth-order valence-electron chi connectivity index (χ4n) is 2.88. The summed E-state index contributed by atoms with van der Waals surface area (Å²) in [6, 6.07) is 0.408. The van der Waals surface area contributed by atoms with Crippen LogP contribution in [0.15, 0.2) is 0 Å². The van der Waals surface area contributed by atoms with Gasteiger partial charge in [0.1, 0.15) is 0 Å². The molecule has 5 heteroatoms. The molecule has 2 unspecified atom stereocenters. The first kappa shape index (κ1) is 14.8. The number of hydrogen-bond acceptors (Lipinski definition) is 4. The molecular weight excluding hydrogens is 242 g/mol. The first-order valence-corrected chi connectivity index (χ1v) is 7.57. The van der Waals surface area contributed by atoms with Gasteiger partial charge in [-0.1, -0.05) is 6.42 Å². The zero-order valence-corrected chi connectivity index (χ0v) is 12.0. The second-order valence-corrected chi connectivity index (χ2v) is 5.76. The van der Waals surface area contributed by atoms with Gasteiger partial charge in [-0.3, -0.25) is 4.79 Å². The number of carbonyl (C=O) groups is 1. The van der Waals surface area contributed by atoms with Gasteiger partial charge in [-0.25, -0.2) is 0 Å². The lowest BCUT2D eigenvalue weighted by molar-refractivity contribution is -0.123. The Morgan fingerprint density at radius 1 is 1.42 bits per heavy atom. The predicted octanol–water partition coefficient (Wildman–Crippen LogP) is 0.356. The number of amides is 1. The molecule has 2 N–H and O–H groups in total. The molecule has 2 rings (SSSR count). The Morgan fingerprint density at radius 3 is 2.89 bits per heavy atom. The van der Waals surface area contributed by atoms with Crippen molar-refractivity contribution in [2.45, 2.75) is 44.7 Å². The van der Waals surface area contributed by atoms with Crippen molar-refractivity contribution in [3.8, 4) is 0 Å². The largest absolute Gasteiger partial charge is 0.378 e. The normalized spacial score (nSPS) is 26.9. The third-order valence-corrected chi connectivity index (χ3v) is 3.82. The molecule has 0 aromatic heterocycles. The summed E-state index contributed by atoms with van der Waals surface area (Å²) in [6.45, 7) is 7.67. The number of rotatable bonds is 5. The molecule has 2 saturated heterocycles. The van der Waals surface area contributed by atoms with Crippen molar-refractivity contribution < 1.29 is 9.53 Å². The van der Waals surface area contributed by atoms with Gasteiger partial charge in [0.25, 0.3) is 0 Å². The lowest BCUT2D eigenvalue weighted by Crippen LogP contribution is -2.47. The molecule has 0 spiro atoms. The van der Waals surface area contributed by atoms with Crippen molar-refractivity contribution in [3.63, 3.8) is 0 Å². The van der Waals surface area contributed by atoms with E-state index < -0.39 is 0 Å². The lowest BCUT2D eigenvalue weighted by atomic mass is 10.1. The van der Waals surface area contributed by atoms with Crippen molar-refractivity contribution in [2.24, 2.45) is 0 Å². The van der Waals surface area contributed by atoms with Crippen LogP contribution in [0.1, 0.15) is 32.6 Å². The maximum absolute atomic E-state index is 11.9. The minimum absolute atomic E-state index is 0.132. The van der Waals surface area contributed by atoms with Gasteiger partial charge >= 0.3 is 0 Å². The van der Waals surface area contributed by atoms with Gasteiger partial charge in [-0.05, 0) is 32.9 Å². The van der Waals surface area contributed by atoms with Gasteiger partial charge in [0.15, 0.2) is 0 Å². The topological polar surface area (TPSA) is 53.6 Å². The zero-order valence-electron chi connectivity index (χ0n) is 12.0. The Kier molecular flexibility index (Phi) is 6.07. The van der Waals surface area contributed by atoms with Crippen LogP contribution >= 0.6 is 0 Å². The molecule has 0 bridgehead atoms. The van der Waals surface area contributed by atoms with Crippen LogP contribution in [0.4, 0.5) is 0 Å². The maximum atomic E-state index is 11.9. The number of likely N-dealkylation sites (tertiary alicyclic amines) is 1. The highest BCUT2D eigenvalue weighted by Gasteiger charge is 2.19. The Hall–Kier alpha value is -0.650. The quantitative estimate of drug-likeness (QED) is 0.756. The van der Waals surface area contributed by atoms with E-state index in [1.807, 2.05) is 0 Å². The van der Waals surface area contributed by atoms with Crippen LogP contribution < -0.4 is 10.6 Å². The van der Waals surface area contributed by atoms with E-state index in [9.17, 15) is 4.79 Å². The van der Waals surface area contributed by atoms with Gasteiger partial charge in [0, 0.05) is 31.6 Å². The molecule has 0 aromatic rings. The van der Waals surface area contributed by atoms with Gasteiger partial charge in [0.2, 0.25) is 5.91 Å². The van der Waals surface area contributed by atoms with Crippen LogP contribution in [0.2, 0.25) is 0 Å². The van der Waals surface area contributed by atoms with Gasteiger partial charge < -0.3 is 20.3 Å². The molecule has 0 aromatic carbocycles. The second kappa shape index (κ2) is 7.82. The zero-order chi connectivity index (χ0) is 13.5. The van der Waals surface area contributed by atoms with Crippen LogP contribution in [0.25, 0.3) is 0 Å². The number of hydrogen-bond donors (Lipinski definition) is 2. The standard InChI is InChI=1S/C14H27N3O2/c1-12(10-17-6-3-2-4-7-17)16-14(18)9-13-11-19-8-5-15-13/h12-13,15H,2-11H2,1H3,(H,16,18). The Morgan fingerprint density at radius 2 is 2.21 bits per heavy atom. The molecule has 0 saturated carbocycles. The fourth-order valence-corrected chi connectivity index (χ4v) is 2.88. The number of morpholine rings is 1. The first-order valence-electron chi connectivity index (χ1n) is 7.57. The molecule has 0 aliphatic carbocycles. The summed E-state index contributed by atoms with van der Waals surface area (Å²) in [5.74, 6) is 0.132. The third-order valence-electron chi connectivity index (χ3n) is 3.82. The summed E-state index contributed by atoms with van der Waals surface area (Å²) in [6.07, 6.45) is 4.46. The Labute approximate surface area is 116 Å². The van der Waals surface area contributed by atoms with Crippen molar-refractivity contribution in [2.75, 3.05) is 39.4 Å². The van der Waals surface area contributed by atoms with Crippen molar-refractivity contribution in [3.05, 3.63) is 0 Å². The van der Waals surface area contributed by atoms with Crippen molar-refractivity contribution in [1.82, 2.24) is 15.5 Å². The molecule has 2 heterocycles. The first-order chi connectivity index (χ1) is 9.24. The summed E-state index contributed by atoms with van der Waals surface area (Å²) in [5, 5.41) is 6.41. The summed E-state index contributed by atoms with van der Waals surface area (Å²) >= 11 is 0. The van der Waals surface area contributed by atoms with Crippen molar-refractivity contribution in [1.29, 1.82) is 0 Å². The summed E-state index contributed by atoms with van der Waals surface area (Å²) in [7, 11) is 0. The number of piperidine rings is 1. The van der Waals surface area contributed by atoms with E-state index in [4.69, 9.17) is 4.74 Å². The van der Waals surface area contributed by atoms with E-state index in [1.165, 1.54) is 32.4 Å². The van der Waals surface area contributed by atoms with E-state index in [1.54, 1.807) is 0 Å². The van der Waals surface area contributed by atoms with Crippen LogP contribution in [0.3, 0.4) is 0 Å². The number of nitrogens with one attached hydrogen (secondary N) is 2. The second-order valence-electron chi connectivity index (χ2n) is 5.76. The smallest absolute Gasteiger partial charge is 0.221 e. The van der Waals surface area contributed by atoms with Crippen LogP contribution in [0.5, 0.6) is 0 Å². The molecule has 110 valence electrons. The Bertz CT molecular complexity index is 274. The highest BCUT2D eigenvalue weighted by molar-refractivity contribution is 5.76. The van der Waals surface area contributed by atoms with Crippen molar-refractivity contribution >= 4 is 5.91 Å². The summed E-state index contributed by atoms with van der Waals surface area (Å²) in [5.41, 5.74) is 0. The van der Waals surface area contributed by atoms with E-state index in [2.05, 4.69) is 22.5 Å². The predicted molar refractivity (Wildman–Crippen MR) is 75.1 cm³/mol. The minimum atomic E-state index is 0.132. The highest BCUT2D eigenvalue weighted by Crippen LogP contribution is 2.09. The molecule has 1 amide bonds. The van der Waals surface area contributed by atoms with E-state index in [0.717, 1.165) is 19.7 Å². The number of ether oxygens (including phenoxy) is 1. The van der Waals surface area contributed by atoms with E-state index >= 15 is 0 Å². The monoisotopic (exact) mass is 269 g/mol. The SMILES string of the molecule is CC(CN1CCCCC1)NC(=O)CC1COCCN1. The molecule has 5 nitrogen and oxygen atoms in total. The molecular formula is C14H27N3O2. The molecule has 0 radical (unpaired) electrons. The molecule has 19 heavy (non-hydrogen) atoms. The van der Waals surface area contributed by atoms with Gasteiger partial charge in [-0.15, -0.1) is 0 Å². The average molecular weight is 269 g/mol. The number of nitrogens with zero attached hydrogens (tertiary/aromatic N) is 1. The Balaban J connectivity index is 1.63.